The van der Waals surface area contributed by atoms with Gasteiger partial charge < -0.3 is 11.1 Å². The number of amides is 2. The number of carbonyl (C=O) groups is 2. The third-order valence-electron chi connectivity index (χ3n) is 3.48. The van der Waals surface area contributed by atoms with E-state index in [1.807, 2.05) is 42.5 Å². The highest BCUT2D eigenvalue weighted by Gasteiger charge is 2.07. The molecule has 2 amide bonds. The molecule has 0 radical (unpaired) electrons. The molecule has 0 atom stereocenters. The minimum atomic E-state index is -0.315. The minimum Gasteiger partial charge on any atom is -0.370 e. The van der Waals surface area contributed by atoms with Crippen LogP contribution in [-0.2, 0) is 16.0 Å². The van der Waals surface area contributed by atoms with Crippen LogP contribution in [0.1, 0.15) is 24.8 Å². The molecule has 2 rings (SSSR count). The monoisotopic (exact) mass is 342 g/mol. The van der Waals surface area contributed by atoms with E-state index in [-0.39, 0.29) is 11.8 Å². The minimum absolute atomic E-state index is 0.00822. The molecule has 2 aromatic carbocycles. The van der Waals surface area contributed by atoms with E-state index in [1.54, 1.807) is 0 Å². The van der Waals surface area contributed by atoms with Crippen molar-refractivity contribution in [2.75, 3.05) is 11.1 Å². The Morgan fingerprint density at radius 3 is 2.42 bits per heavy atom. The molecule has 0 aliphatic carbocycles. The number of para-hydroxylation sites is 1. The van der Waals surface area contributed by atoms with Gasteiger partial charge in [-0.25, -0.2) is 0 Å². The predicted molar refractivity (Wildman–Crippen MR) is 99.0 cm³/mol. The van der Waals surface area contributed by atoms with Crippen molar-refractivity contribution < 1.29 is 9.59 Å². The van der Waals surface area contributed by atoms with Crippen LogP contribution < -0.4 is 11.1 Å². The topological polar surface area (TPSA) is 72.2 Å². The molecule has 4 nitrogen and oxygen atoms in total. The molecular weight excluding hydrogens is 320 g/mol. The summed E-state index contributed by atoms with van der Waals surface area (Å²) in [5.41, 5.74) is 7.19. The number of carbonyl (C=O) groups excluding carboxylic acids is 2. The van der Waals surface area contributed by atoms with Crippen molar-refractivity contribution in [3.63, 3.8) is 0 Å². The molecule has 0 spiro atoms. The van der Waals surface area contributed by atoms with Crippen molar-refractivity contribution >= 4 is 29.3 Å². The summed E-state index contributed by atoms with van der Waals surface area (Å²) in [6, 6.07) is 17.8. The van der Waals surface area contributed by atoms with Crippen molar-refractivity contribution in [3.05, 3.63) is 60.2 Å². The lowest BCUT2D eigenvalue weighted by atomic mass is 10.1. The molecule has 0 heterocycles. The molecular formula is C19H22N2O2S. The van der Waals surface area contributed by atoms with Gasteiger partial charge in [-0.05, 0) is 30.5 Å². The summed E-state index contributed by atoms with van der Waals surface area (Å²) < 4.78 is 0. The Morgan fingerprint density at radius 2 is 1.67 bits per heavy atom. The highest BCUT2D eigenvalue weighted by Crippen LogP contribution is 2.27. The van der Waals surface area contributed by atoms with Crippen LogP contribution in [0.15, 0.2) is 59.5 Å². The third-order valence-corrected chi connectivity index (χ3v) is 4.55. The number of rotatable bonds is 9. The average molecular weight is 342 g/mol. The van der Waals surface area contributed by atoms with Gasteiger partial charge in [0.2, 0.25) is 11.8 Å². The quantitative estimate of drug-likeness (QED) is 0.684. The molecule has 5 heteroatoms. The molecule has 126 valence electrons. The van der Waals surface area contributed by atoms with E-state index in [0.717, 1.165) is 23.4 Å². The predicted octanol–water partition coefficient (Wildman–Crippen LogP) is 3.62. The van der Waals surface area contributed by atoms with Gasteiger partial charge in [-0.3, -0.25) is 9.59 Å². The van der Waals surface area contributed by atoms with Crippen LogP contribution in [-0.4, -0.2) is 17.6 Å². The van der Waals surface area contributed by atoms with Crippen LogP contribution >= 0.6 is 11.8 Å². The van der Waals surface area contributed by atoms with Crippen LogP contribution in [0, 0.1) is 0 Å². The standard InChI is InChI=1S/C19H22N2O2S/c20-18(22)13-14-24-17-11-5-4-10-16(17)21-19(23)12-6-9-15-7-2-1-3-8-15/h1-5,7-8,10-11H,6,9,12-14H2,(H2,20,22)(H,21,23). The Labute approximate surface area is 146 Å². The normalized spacial score (nSPS) is 10.3. The van der Waals surface area contributed by atoms with E-state index in [2.05, 4.69) is 17.4 Å². The SMILES string of the molecule is NC(=O)CCSc1ccccc1NC(=O)CCCc1ccccc1. The lowest BCUT2D eigenvalue weighted by Gasteiger charge is -2.10. The zero-order valence-electron chi connectivity index (χ0n) is 13.5. The lowest BCUT2D eigenvalue weighted by Crippen LogP contribution is -2.13. The van der Waals surface area contributed by atoms with Crippen molar-refractivity contribution in [2.45, 2.75) is 30.6 Å². The average Bonchev–Trinajstić information content (AvgIpc) is 2.57. The van der Waals surface area contributed by atoms with Gasteiger partial charge in [0, 0.05) is 23.5 Å². The highest BCUT2D eigenvalue weighted by molar-refractivity contribution is 7.99. The van der Waals surface area contributed by atoms with Gasteiger partial charge in [-0.2, -0.15) is 0 Å². The molecule has 0 saturated heterocycles. The first-order valence-electron chi connectivity index (χ1n) is 7.99. The Balaban J connectivity index is 1.81. The molecule has 0 aliphatic heterocycles. The fourth-order valence-corrected chi connectivity index (χ4v) is 3.24. The molecule has 0 saturated carbocycles. The fourth-order valence-electron chi connectivity index (χ4n) is 2.27. The first-order valence-corrected chi connectivity index (χ1v) is 8.97. The number of primary amides is 1. The highest BCUT2D eigenvalue weighted by atomic mass is 32.2. The maximum Gasteiger partial charge on any atom is 0.224 e. The number of anilines is 1. The number of thioether (sulfide) groups is 1. The number of benzene rings is 2. The van der Waals surface area contributed by atoms with Gasteiger partial charge in [0.1, 0.15) is 0 Å². The Morgan fingerprint density at radius 1 is 0.958 bits per heavy atom. The van der Waals surface area contributed by atoms with Gasteiger partial charge in [-0.1, -0.05) is 42.5 Å². The second kappa shape index (κ2) is 9.78. The summed E-state index contributed by atoms with van der Waals surface area (Å²) in [6.45, 7) is 0. The number of hydrogen-bond donors (Lipinski definition) is 2. The summed E-state index contributed by atoms with van der Waals surface area (Å²) in [5.74, 6) is 0.301. The number of nitrogens with two attached hydrogens (primary N) is 1. The van der Waals surface area contributed by atoms with E-state index < -0.39 is 0 Å². The largest absolute Gasteiger partial charge is 0.370 e. The smallest absolute Gasteiger partial charge is 0.224 e. The molecule has 2 aromatic rings. The second-order valence-corrected chi connectivity index (χ2v) is 6.59. The van der Waals surface area contributed by atoms with Gasteiger partial charge in [0.15, 0.2) is 0 Å². The molecule has 0 fully saturated rings. The fraction of sp³-hybridized carbons (Fsp3) is 0.263. The van der Waals surface area contributed by atoms with Crippen LogP contribution in [0.4, 0.5) is 5.69 Å². The second-order valence-electron chi connectivity index (χ2n) is 5.45. The van der Waals surface area contributed by atoms with E-state index in [9.17, 15) is 9.59 Å². The van der Waals surface area contributed by atoms with E-state index in [4.69, 9.17) is 5.73 Å². The Bertz CT molecular complexity index is 674. The van der Waals surface area contributed by atoms with Gasteiger partial charge in [0.05, 0.1) is 5.69 Å². The first kappa shape index (κ1) is 18.1. The van der Waals surface area contributed by atoms with Gasteiger partial charge in [-0.15, -0.1) is 11.8 Å². The van der Waals surface area contributed by atoms with Crippen LogP contribution in [0.2, 0.25) is 0 Å². The maximum atomic E-state index is 12.1. The van der Waals surface area contributed by atoms with Crippen molar-refractivity contribution in [2.24, 2.45) is 5.73 Å². The molecule has 0 unspecified atom stereocenters. The summed E-state index contributed by atoms with van der Waals surface area (Å²) in [4.78, 5) is 23.9. The van der Waals surface area contributed by atoms with Crippen molar-refractivity contribution in [1.29, 1.82) is 0 Å². The van der Waals surface area contributed by atoms with E-state index in [1.165, 1.54) is 17.3 Å². The summed E-state index contributed by atoms with van der Waals surface area (Å²) in [7, 11) is 0. The lowest BCUT2D eigenvalue weighted by molar-refractivity contribution is -0.118. The maximum absolute atomic E-state index is 12.1. The van der Waals surface area contributed by atoms with Crippen LogP contribution in [0.3, 0.4) is 0 Å². The van der Waals surface area contributed by atoms with Gasteiger partial charge >= 0.3 is 0 Å². The van der Waals surface area contributed by atoms with Gasteiger partial charge in [0.25, 0.3) is 0 Å². The first-order chi connectivity index (χ1) is 11.6. The number of nitrogens with one attached hydrogen (secondary N) is 1. The summed E-state index contributed by atoms with van der Waals surface area (Å²) in [5, 5.41) is 2.96. The van der Waals surface area contributed by atoms with Crippen molar-refractivity contribution in [3.8, 4) is 0 Å². The molecule has 0 aliphatic rings. The number of aryl methyl sites for hydroxylation is 1. The summed E-state index contributed by atoms with van der Waals surface area (Å²) in [6.07, 6.45) is 2.51. The molecule has 0 bridgehead atoms. The van der Waals surface area contributed by atoms with Crippen LogP contribution in [0.5, 0.6) is 0 Å². The van der Waals surface area contributed by atoms with E-state index >= 15 is 0 Å². The zero-order valence-corrected chi connectivity index (χ0v) is 14.4. The Kier molecular flexibility index (Phi) is 7.36. The third kappa shape index (κ3) is 6.46. The Hall–Kier alpha value is -2.27. The zero-order chi connectivity index (χ0) is 17.2. The van der Waals surface area contributed by atoms with E-state index in [0.29, 0.717) is 18.6 Å². The molecule has 0 aromatic heterocycles. The van der Waals surface area contributed by atoms with Crippen LogP contribution in [0.25, 0.3) is 0 Å². The number of hydrogen-bond acceptors (Lipinski definition) is 3. The van der Waals surface area contributed by atoms with Crippen molar-refractivity contribution in [1.82, 2.24) is 0 Å². The molecule has 3 N–H and O–H groups in total. The molecule has 24 heavy (non-hydrogen) atoms. The summed E-state index contributed by atoms with van der Waals surface area (Å²) >= 11 is 1.52.